The second-order valence-corrected chi connectivity index (χ2v) is 6.28. The van der Waals surface area contributed by atoms with Gasteiger partial charge in [0, 0.05) is 6.04 Å². The zero-order valence-electron chi connectivity index (χ0n) is 12.4. The van der Waals surface area contributed by atoms with Gasteiger partial charge in [0.2, 0.25) is 0 Å². The van der Waals surface area contributed by atoms with E-state index < -0.39 is 0 Å². The van der Waals surface area contributed by atoms with E-state index in [1.165, 1.54) is 11.1 Å². The second kappa shape index (κ2) is 6.53. The summed E-state index contributed by atoms with van der Waals surface area (Å²) in [5, 5.41) is 13.1. The summed E-state index contributed by atoms with van der Waals surface area (Å²) in [4.78, 5) is 0. The smallest absolute Gasteiger partial charge is 0.0543 e. The first-order valence-electron chi connectivity index (χ1n) is 7.57. The minimum atomic E-state index is -0.0626. The molecule has 0 heterocycles. The Morgan fingerprint density at radius 2 is 1.74 bits per heavy atom. The van der Waals surface area contributed by atoms with E-state index in [4.69, 9.17) is 0 Å². The molecule has 0 aliphatic heterocycles. The third kappa shape index (κ3) is 4.05. The van der Waals surface area contributed by atoms with E-state index in [1.807, 2.05) is 0 Å². The lowest BCUT2D eigenvalue weighted by molar-refractivity contribution is 0.177. The molecule has 1 saturated carbocycles. The fourth-order valence-corrected chi connectivity index (χ4v) is 2.86. The quantitative estimate of drug-likeness (QED) is 0.848. The Hall–Kier alpha value is -0.860. The third-order valence-electron chi connectivity index (χ3n) is 4.33. The number of rotatable bonds is 5. The van der Waals surface area contributed by atoms with Crippen molar-refractivity contribution in [1.82, 2.24) is 5.32 Å². The Morgan fingerprint density at radius 1 is 1.11 bits per heavy atom. The van der Waals surface area contributed by atoms with Crippen LogP contribution in [0.3, 0.4) is 0 Å². The summed E-state index contributed by atoms with van der Waals surface area (Å²) in [6.07, 6.45) is 3.04. The van der Waals surface area contributed by atoms with Gasteiger partial charge in [0.15, 0.2) is 0 Å². The van der Waals surface area contributed by atoms with Gasteiger partial charge in [-0.2, -0.15) is 0 Å². The topological polar surface area (TPSA) is 32.3 Å². The SMILES string of the molecule is CC(C)c1ccc(C(C)NCC2CCC(O)C2)cc1. The molecule has 0 bridgehead atoms. The summed E-state index contributed by atoms with van der Waals surface area (Å²) in [5.74, 6) is 1.24. The fourth-order valence-electron chi connectivity index (χ4n) is 2.86. The molecule has 0 aromatic heterocycles. The van der Waals surface area contributed by atoms with E-state index >= 15 is 0 Å². The molecule has 1 aliphatic rings. The molecule has 3 unspecified atom stereocenters. The van der Waals surface area contributed by atoms with Gasteiger partial charge in [-0.15, -0.1) is 0 Å². The van der Waals surface area contributed by atoms with Crippen molar-refractivity contribution in [2.45, 2.75) is 58.1 Å². The van der Waals surface area contributed by atoms with Crippen LogP contribution in [0.15, 0.2) is 24.3 Å². The highest BCUT2D eigenvalue weighted by Crippen LogP contribution is 2.25. The lowest BCUT2D eigenvalue weighted by Gasteiger charge is -2.18. The van der Waals surface area contributed by atoms with Crippen molar-refractivity contribution >= 4 is 0 Å². The van der Waals surface area contributed by atoms with Gasteiger partial charge >= 0.3 is 0 Å². The molecular formula is C17H27NO. The summed E-state index contributed by atoms with van der Waals surface area (Å²) in [7, 11) is 0. The van der Waals surface area contributed by atoms with Crippen molar-refractivity contribution < 1.29 is 5.11 Å². The molecule has 2 nitrogen and oxygen atoms in total. The summed E-state index contributed by atoms with van der Waals surface area (Å²) >= 11 is 0. The van der Waals surface area contributed by atoms with Gasteiger partial charge in [-0.25, -0.2) is 0 Å². The highest BCUT2D eigenvalue weighted by Gasteiger charge is 2.22. The van der Waals surface area contributed by atoms with E-state index in [0.29, 0.717) is 17.9 Å². The standard InChI is InChI=1S/C17H27NO/c1-12(2)15-5-7-16(8-6-15)13(3)18-11-14-4-9-17(19)10-14/h5-8,12-14,17-19H,4,9-11H2,1-3H3. The zero-order chi connectivity index (χ0) is 13.8. The third-order valence-corrected chi connectivity index (χ3v) is 4.33. The highest BCUT2D eigenvalue weighted by molar-refractivity contribution is 5.26. The largest absolute Gasteiger partial charge is 0.393 e. The van der Waals surface area contributed by atoms with Crippen molar-refractivity contribution in [3.63, 3.8) is 0 Å². The number of hydrogen-bond donors (Lipinski definition) is 2. The highest BCUT2D eigenvalue weighted by atomic mass is 16.3. The molecular weight excluding hydrogens is 234 g/mol. The molecule has 0 amide bonds. The Bertz CT molecular complexity index is 385. The molecule has 19 heavy (non-hydrogen) atoms. The van der Waals surface area contributed by atoms with Crippen LogP contribution in [0.2, 0.25) is 0 Å². The number of benzene rings is 1. The summed E-state index contributed by atoms with van der Waals surface area (Å²) in [5.41, 5.74) is 2.75. The summed E-state index contributed by atoms with van der Waals surface area (Å²) in [6.45, 7) is 7.68. The molecule has 106 valence electrons. The summed E-state index contributed by atoms with van der Waals surface area (Å²) < 4.78 is 0. The average molecular weight is 261 g/mol. The van der Waals surface area contributed by atoms with E-state index in [1.54, 1.807) is 0 Å². The first-order chi connectivity index (χ1) is 9.06. The van der Waals surface area contributed by atoms with Gasteiger partial charge in [0.05, 0.1) is 6.10 Å². The monoisotopic (exact) mass is 261 g/mol. The van der Waals surface area contributed by atoms with Crippen LogP contribution in [0.25, 0.3) is 0 Å². The molecule has 1 fully saturated rings. The Balaban J connectivity index is 1.83. The fraction of sp³-hybridized carbons (Fsp3) is 0.647. The van der Waals surface area contributed by atoms with Crippen LogP contribution in [0.5, 0.6) is 0 Å². The van der Waals surface area contributed by atoms with Crippen LogP contribution in [0.1, 0.15) is 63.1 Å². The molecule has 1 aromatic rings. The molecule has 3 atom stereocenters. The van der Waals surface area contributed by atoms with Gasteiger partial charge in [-0.3, -0.25) is 0 Å². The van der Waals surface area contributed by atoms with Crippen molar-refractivity contribution in [2.24, 2.45) is 5.92 Å². The van der Waals surface area contributed by atoms with Gasteiger partial charge < -0.3 is 10.4 Å². The minimum Gasteiger partial charge on any atom is -0.393 e. The van der Waals surface area contributed by atoms with E-state index in [-0.39, 0.29) is 6.10 Å². The molecule has 2 N–H and O–H groups in total. The molecule has 1 aromatic carbocycles. The number of aliphatic hydroxyl groups is 1. The van der Waals surface area contributed by atoms with E-state index in [0.717, 1.165) is 25.8 Å². The number of nitrogens with one attached hydrogen (secondary N) is 1. The molecule has 1 aliphatic carbocycles. The summed E-state index contributed by atoms with van der Waals surface area (Å²) in [6, 6.07) is 9.32. The maximum Gasteiger partial charge on any atom is 0.0543 e. The number of aliphatic hydroxyl groups excluding tert-OH is 1. The molecule has 2 rings (SSSR count). The van der Waals surface area contributed by atoms with E-state index in [2.05, 4.69) is 50.4 Å². The molecule has 0 saturated heterocycles. The van der Waals surface area contributed by atoms with Crippen LogP contribution in [-0.2, 0) is 0 Å². The predicted octanol–water partition coefficient (Wildman–Crippen LogP) is 3.62. The van der Waals surface area contributed by atoms with Crippen molar-refractivity contribution in [2.75, 3.05) is 6.54 Å². The lowest BCUT2D eigenvalue weighted by Crippen LogP contribution is -2.25. The zero-order valence-corrected chi connectivity index (χ0v) is 12.4. The van der Waals surface area contributed by atoms with Gasteiger partial charge in [0.25, 0.3) is 0 Å². The van der Waals surface area contributed by atoms with Gasteiger partial charge in [0.1, 0.15) is 0 Å². The lowest BCUT2D eigenvalue weighted by atomic mass is 9.99. The molecule has 0 radical (unpaired) electrons. The first kappa shape index (κ1) is 14.5. The predicted molar refractivity (Wildman–Crippen MR) is 80.3 cm³/mol. The van der Waals surface area contributed by atoms with Crippen LogP contribution in [0, 0.1) is 5.92 Å². The number of hydrogen-bond acceptors (Lipinski definition) is 2. The maximum atomic E-state index is 9.54. The van der Waals surface area contributed by atoms with Crippen molar-refractivity contribution in [3.05, 3.63) is 35.4 Å². The Labute approximate surface area is 117 Å². The molecule has 2 heteroatoms. The van der Waals surface area contributed by atoms with Gasteiger partial charge in [-0.1, -0.05) is 38.1 Å². The minimum absolute atomic E-state index is 0.0626. The van der Waals surface area contributed by atoms with Crippen molar-refractivity contribution in [3.8, 4) is 0 Å². The normalized spacial score (nSPS) is 24.9. The van der Waals surface area contributed by atoms with E-state index in [9.17, 15) is 5.11 Å². The van der Waals surface area contributed by atoms with Crippen molar-refractivity contribution in [1.29, 1.82) is 0 Å². The second-order valence-electron chi connectivity index (χ2n) is 6.28. The first-order valence-corrected chi connectivity index (χ1v) is 7.57. The average Bonchev–Trinajstić information content (AvgIpc) is 2.82. The van der Waals surface area contributed by atoms with Crippen LogP contribution in [0.4, 0.5) is 0 Å². The van der Waals surface area contributed by atoms with Crippen LogP contribution < -0.4 is 5.32 Å². The van der Waals surface area contributed by atoms with Gasteiger partial charge in [-0.05, 0) is 55.7 Å². The molecule has 0 spiro atoms. The Kier molecular flexibility index (Phi) is 5.00. The maximum absolute atomic E-state index is 9.54. The van der Waals surface area contributed by atoms with Crippen LogP contribution >= 0.6 is 0 Å². The Morgan fingerprint density at radius 3 is 2.26 bits per heavy atom. The van der Waals surface area contributed by atoms with Crippen LogP contribution in [-0.4, -0.2) is 17.8 Å².